The number of benzene rings is 2. The minimum absolute atomic E-state index is 0.161. The Kier molecular flexibility index (Phi) is 7.02. The van der Waals surface area contributed by atoms with Crippen LogP contribution in [0, 0.1) is 10.1 Å². The van der Waals surface area contributed by atoms with Gasteiger partial charge in [-0.2, -0.15) is 0 Å². The van der Waals surface area contributed by atoms with Gasteiger partial charge >= 0.3 is 5.97 Å². The molecule has 9 nitrogen and oxygen atoms in total. The highest BCUT2D eigenvalue weighted by Gasteiger charge is 2.26. The van der Waals surface area contributed by atoms with Crippen molar-refractivity contribution in [3.8, 4) is 23.0 Å². The second-order valence-corrected chi connectivity index (χ2v) is 5.46. The maximum atomic E-state index is 12.5. The molecule has 0 saturated heterocycles. The summed E-state index contributed by atoms with van der Waals surface area (Å²) in [4.78, 5) is 23.3. The highest BCUT2D eigenvalue weighted by Crippen LogP contribution is 2.35. The summed E-state index contributed by atoms with van der Waals surface area (Å²) in [6.45, 7) is 1.85. The van der Waals surface area contributed by atoms with Crippen molar-refractivity contribution in [2.24, 2.45) is 0 Å². The van der Waals surface area contributed by atoms with Crippen molar-refractivity contribution in [2.45, 2.75) is 13.5 Å². The van der Waals surface area contributed by atoms with Crippen LogP contribution in [0.4, 0.5) is 5.69 Å². The van der Waals surface area contributed by atoms with Gasteiger partial charge in [0.15, 0.2) is 11.5 Å². The fraction of sp³-hybridized carbons (Fsp3) is 0.316. The van der Waals surface area contributed by atoms with Crippen molar-refractivity contribution >= 4 is 11.7 Å². The van der Waals surface area contributed by atoms with Crippen LogP contribution in [0.15, 0.2) is 30.3 Å². The van der Waals surface area contributed by atoms with E-state index in [1.54, 1.807) is 25.1 Å². The van der Waals surface area contributed by atoms with Crippen LogP contribution in [0.3, 0.4) is 0 Å². The lowest BCUT2D eigenvalue weighted by molar-refractivity contribution is -0.385. The lowest BCUT2D eigenvalue weighted by Crippen LogP contribution is -2.10. The third-order valence-corrected chi connectivity index (χ3v) is 3.84. The molecule has 0 fully saturated rings. The summed E-state index contributed by atoms with van der Waals surface area (Å²) >= 11 is 0. The van der Waals surface area contributed by atoms with Crippen molar-refractivity contribution in [1.82, 2.24) is 0 Å². The van der Waals surface area contributed by atoms with E-state index in [4.69, 9.17) is 23.7 Å². The van der Waals surface area contributed by atoms with Crippen LogP contribution in [0.25, 0.3) is 0 Å². The molecule has 150 valence electrons. The first-order valence-corrected chi connectivity index (χ1v) is 8.32. The highest BCUT2D eigenvalue weighted by molar-refractivity contribution is 5.95. The summed E-state index contributed by atoms with van der Waals surface area (Å²) < 4.78 is 26.1. The van der Waals surface area contributed by atoms with Crippen LogP contribution in [-0.2, 0) is 11.3 Å². The monoisotopic (exact) mass is 391 g/mol. The zero-order chi connectivity index (χ0) is 20.7. The Hall–Kier alpha value is -3.49. The number of hydrogen-bond acceptors (Lipinski definition) is 8. The van der Waals surface area contributed by atoms with E-state index in [-0.39, 0.29) is 30.3 Å². The van der Waals surface area contributed by atoms with Crippen LogP contribution >= 0.6 is 0 Å². The van der Waals surface area contributed by atoms with E-state index in [1.807, 2.05) is 0 Å². The molecule has 0 aliphatic carbocycles. The zero-order valence-electron chi connectivity index (χ0n) is 16.0. The van der Waals surface area contributed by atoms with Gasteiger partial charge in [-0.15, -0.1) is 0 Å². The average molecular weight is 391 g/mol. The standard InChI is InChI=1S/C19H21NO8/c1-5-27-18-10-15(20(22)23)14(9-17(18)26-4)19(21)28-11-12-8-13(24-2)6-7-16(12)25-3/h6-10H,5,11H2,1-4H3. The Morgan fingerprint density at radius 1 is 1.00 bits per heavy atom. The number of hydrogen-bond donors (Lipinski definition) is 0. The summed E-state index contributed by atoms with van der Waals surface area (Å²) in [5, 5.41) is 11.4. The highest BCUT2D eigenvalue weighted by atomic mass is 16.6. The number of nitro groups is 1. The fourth-order valence-electron chi connectivity index (χ4n) is 2.51. The van der Waals surface area contributed by atoms with Crippen LogP contribution in [0.5, 0.6) is 23.0 Å². The average Bonchev–Trinajstić information content (AvgIpc) is 2.71. The van der Waals surface area contributed by atoms with Crippen molar-refractivity contribution in [3.63, 3.8) is 0 Å². The molecule has 0 amide bonds. The molecule has 0 N–H and O–H groups in total. The summed E-state index contributed by atoms with van der Waals surface area (Å²) in [6.07, 6.45) is 0. The van der Waals surface area contributed by atoms with Gasteiger partial charge in [-0.3, -0.25) is 10.1 Å². The number of rotatable bonds is 9. The third kappa shape index (κ3) is 4.61. The van der Waals surface area contributed by atoms with E-state index in [1.165, 1.54) is 27.4 Å². The molecule has 0 radical (unpaired) electrons. The van der Waals surface area contributed by atoms with Gasteiger partial charge in [-0.25, -0.2) is 4.79 Å². The normalized spacial score (nSPS) is 10.1. The van der Waals surface area contributed by atoms with Crippen LogP contribution < -0.4 is 18.9 Å². The molecule has 0 aliphatic rings. The predicted octanol–water partition coefficient (Wildman–Crippen LogP) is 3.38. The molecule has 2 rings (SSSR count). The van der Waals surface area contributed by atoms with Gasteiger partial charge < -0.3 is 23.7 Å². The number of nitro benzene ring substituents is 1. The summed E-state index contributed by atoms with van der Waals surface area (Å²) in [5.74, 6) is 0.534. The minimum atomic E-state index is -0.877. The molecule has 0 spiro atoms. The zero-order valence-corrected chi connectivity index (χ0v) is 16.0. The van der Waals surface area contributed by atoms with Gasteiger partial charge in [0.25, 0.3) is 5.69 Å². The Morgan fingerprint density at radius 2 is 1.71 bits per heavy atom. The number of nitrogens with zero attached hydrogens (tertiary/aromatic N) is 1. The van der Waals surface area contributed by atoms with E-state index in [0.717, 1.165) is 6.07 Å². The number of carbonyl (C=O) groups excluding carboxylic acids is 1. The van der Waals surface area contributed by atoms with E-state index in [2.05, 4.69) is 0 Å². The van der Waals surface area contributed by atoms with Gasteiger partial charge in [0.2, 0.25) is 0 Å². The third-order valence-electron chi connectivity index (χ3n) is 3.84. The molecule has 28 heavy (non-hydrogen) atoms. The fourth-order valence-corrected chi connectivity index (χ4v) is 2.51. The van der Waals surface area contributed by atoms with Crippen molar-refractivity contribution in [1.29, 1.82) is 0 Å². The lowest BCUT2D eigenvalue weighted by atomic mass is 10.1. The SMILES string of the molecule is CCOc1cc([N+](=O)[O-])c(C(=O)OCc2cc(OC)ccc2OC)cc1OC. The van der Waals surface area contributed by atoms with E-state index < -0.39 is 16.6 Å². The Morgan fingerprint density at radius 3 is 2.29 bits per heavy atom. The molecular weight excluding hydrogens is 370 g/mol. The molecular formula is C19H21NO8. The van der Waals surface area contributed by atoms with Gasteiger partial charge in [-0.05, 0) is 25.1 Å². The molecule has 0 bridgehead atoms. The number of methoxy groups -OCH3 is 3. The number of carbonyl (C=O) groups is 1. The van der Waals surface area contributed by atoms with Crippen LogP contribution in [0.2, 0.25) is 0 Å². The molecule has 2 aromatic rings. The van der Waals surface area contributed by atoms with Crippen LogP contribution in [-0.4, -0.2) is 38.8 Å². The second kappa shape index (κ2) is 9.45. The maximum Gasteiger partial charge on any atom is 0.345 e. The predicted molar refractivity (Wildman–Crippen MR) is 99.5 cm³/mol. The van der Waals surface area contributed by atoms with Gasteiger partial charge in [0.1, 0.15) is 23.7 Å². The first-order valence-electron chi connectivity index (χ1n) is 8.32. The summed E-state index contributed by atoms with van der Waals surface area (Å²) in [5.41, 5.74) is -0.130. The molecule has 2 aromatic carbocycles. The molecule has 0 heterocycles. The summed E-state index contributed by atoms with van der Waals surface area (Å²) in [7, 11) is 4.36. The summed E-state index contributed by atoms with van der Waals surface area (Å²) in [6, 6.07) is 7.40. The van der Waals surface area contributed by atoms with Crippen molar-refractivity contribution in [3.05, 3.63) is 51.6 Å². The molecule has 0 atom stereocenters. The Bertz CT molecular complexity index is 865. The smallest absolute Gasteiger partial charge is 0.345 e. The van der Waals surface area contributed by atoms with Gasteiger partial charge in [0.05, 0.1) is 38.9 Å². The maximum absolute atomic E-state index is 12.5. The first kappa shape index (κ1) is 20.8. The Labute approximate surface area is 161 Å². The number of ether oxygens (including phenoxy) is 5. The topological polar surface area (TPSA) is 106 Å². The largest absolute Gasteiger partial charge is 0.497 e. The minimum Gasteiger partial charge on any atom is -0.497 e. The van der Waals surface area contributed by atoms with E-state index in [0.29, 0.717) is 17.1 Å². The van der Waals surface area contributed by atoms with Gasteiger partial charge in [0, 0.05) is 11.6 Å². The van der Waals surface area contributed by atoms with E-state index in [9.17, 15) is 14.9 Å². The number of esters is 1. The molecule has 0 saturated carbocycles. The first-order chi connectivity index (χ1) is 13.4. The van der Waals surface area contributed by atoms with Gasteiger partial charge in [-0.1, -0.05) is 0 Å². The van der Waals surface area contributed by atoms with Crippen molar-refractivity contribution < 1.29 is 33.4 Å². The van der Waals surface area contributed by atoms with Crippen LogP contribution in [0.1, 0.15) is 22.8 Å². The van der Waals surface area contributed by atoms with Crippen molar-refractivity contribution in [2.75, 3.05) is 27.9 Å². The van der Waals surface area contributed by atoms with E-state index >= 15 is 0 Å². The molecule has 9 heteroatoms. The Balaban J connectivity index is 2.32. The molecule has 0 unspecified atom stereocenters. The lowest BCUT2D eigenvalue weighted by Gasteiger charge is -2.13. The second-order valence-electron chi connectivity index (χ2n) is 5.46. The molecule has 0 aliphatic heterocycles. The molecule has 0 aromatic heterocycles. The quantitative estimate of drug-likeness (QED) is 0.364.